The third-order valence-electron chi connectivity index (χ3n) is 4.72. The summed E-state index contributed by atoms with van der Waals surface area (Å²) in [5.41, 5.74) is 3.27. The number of thioether (sulfide) groups is 1. The number of halogens is 1. The van der Waals surface area contributed by atoms with E-state index in [0.717, 1.165) is 21.5 Å². The lowest BCUT2D eigenvalue weighted by Gasteiger charge is -2.12. The maximum atomic E-state index is 12.6. The molecule has 0 atom stereocenters. The van der Waals surface area contributed by atoms with Crippen LogP contribution in [0.4, 0.5) is 5.69 Å². The van der Waals surface area contributed by atoms with Gasteiger partial charge in [-0.2, -0.15) is 0 Å². The Hall–Kier alpha value is -3.09. The van der Waals surface area contributed by atoms with Crippen LogP contribution in [-0.4, -0.2) is 28.7 Å². The second kappa shape index (κ2) is 9.37. The van der Waals surface area contributed by atoms with Crippen LogP contribution in [0.15, 0.2) is 71.8 Å². The van der Waals surface area contributed by atoms with Crippen LogP contribution in [0, 0.1) is 6.92 Å². The molecule has 0 spiro atoms. The van der Waals surface area contributed by atoms with E-state index in [2.05, 4.69) is 5.32 Å². The molecule has 4 aromatic rings. The van der Waals surface area contributed by atoms with Crippen molar-refractivity contribution in [2.24, 2.45) is 0 Å². The van der Waals surface area contributed by atoms with Gasteiger partial charge >= 0.3 is 0 Å². The maximum absolute atomic E-state index is 12.6. The SMILES string of the molecule is COc1cccc2c(SCC(=O)Nc3cc(Cl)ccc3C)nc(-c3ccccc3)nc12. The highest BCUT2D eigenvalue weighted by molar-refractivity contribution is 8.00. The van der Waals surface area contributed by atoms with Gasteiger partial charge in [0.25, 0.3) is 0 Å². The predicted octanol–water partition coefficient (Wildman–Crippen LogP) is 6.00. The molecule has 0 aliphatic rings. The summed E-state index contributed by atoms with van der Waals surface area (Å²) in [5.74, 6) is 1.32. The van der Waals surface area contributed by atoms with E-state index < -0.39 is 0 Å². The molecule has 0 saturated heterocycles. The number of para-hydroxylation sites is 1. The minimum Gasteiger partial charge on any atom is -0.494 e. The molecule has 1 N–H and O–H groups in total. The molecule has 0 aliphatic heterocycles. The molecule has 0 saturated carbocycles. The number of fused-ring (bicyclic) bond motifs is 1. The van der Waals surface area contributed by atoms with Crippen molar-refractivity contribution in [2.75, 3.05) is 18.2 Å². The van der Waals surface area contributed by atoms with Crippen LogP contribution in [0.25, 0.3) is 22.3 Å². The molecule has 1 amide bonds. The summed E-state index contributed by atoms with van der Waals surface area (Å²) in [6, 6.07) is 20.9. The van der Waals surface area contributed by atoms with Crippen molar-refractivity contribution in [1.29, 1.82) is 0 Å². The van der Waals surface area contributed by atoms with Crippen molar-refractivity contribution in [1.82, 2.24) is 9.97 Å². The van der Waals surface area contributed by atoms with Crippen LogP contribution < -0.4 is 10.1 Å². The third-order valence-corrected chi connectivity index (χ3v) is 5.95. The number of aryl methyl sites for hydroxylation is 1. The zero-order valence-corrected chi connectivity index (χ0v) is 18.6. The molecular formula is C24H20ClN3O2S. The van der Waals surface area contributed by atoms with Crippen molar-refractivity contribution < 1.29 is 9.53 Å². The number of carbonyl (C=O) groups is 1. The molecule has 1 aromatic heterocycles. The number of methoxy groups -OCH3 is 1. The Morgan fingerprint density at radius 2 is 1.87 bits per heavy atom. The number of hydrogen-bond donors (Lipinski definition) is 1. The molecule has 1 heterocycles. The van der Waals surface area contributed by atoms with Crippen LogP contribution in [0.3, 0.4) is 0 Å². The van der Waals surface area contributed by atoms with Gasteiger partial charge in [0.15, 0.2) is 5.82 Å². The molecule has 4 rings (SSSR count). The number of nitrogens with zero attached hydrogens (tertiary/aromatic N) is 2. The van der Waals surface area contributed by atoms with Crippen molar-refractivity contribution in [3.05, 3.63) is 77.3 Å². The van der Waals surface area contributed by atoms with E-state index in [9.17, 15) is 4.79 Å². The van der Waals surface area contributed by atoms with E-state index >= 15 is 0 Å². The molecular weight excluding hydrogens is 430 g/mol. The third kappa shape index (κ3) is 4.81. The molecule has 0 radical (unpaired) electrons. The number of nitrogens with one attached hydrogen (secondary N) is 1. The molecule has 0 aliphatic carbocycles. The van der Waals surface area contributed by atoms with Gasteiger partial charge in [0.05, 0.1) is 12.9 Å². The Morgan fingerprint density at radius 1 is 1.06 bits per heavy atom. The quantitative estimate of drug-likeness (QED) is 0.289. The second-order valence-corrected chi connectivity index (χ2v) is 8.27. The van der Waals surface area contributed by atoms with Gasteiger partial charge in [-0.1, -0.05) is 65.8 Å². The lowest BCUT2D eigenvalue weighted by atomic mass is 10.2. The summed E-state index contributed by atoms with van der Waals surface area (Å²) in [6.45, 7) is 1.93. The highest BCUT2D eigenvalue weighted by Gasteiger charge is 2.15. The largest absolute Gasteiger partial charge is 0.494 e. The average Bonchev–Trinajstić information content (AvgIpc) is 2.80. The van der Waals surface area contributed by atoms with E-state index in [1.54, 1.807) is 19.2 Å². The number of rotatable bonds is 6. The number of anilines is 1. The fourth-order valence-electron chi connectivity index (χ4n) is 3.14. The van der Waals surface area contributed by atoms with E-state index in [4.69, 9.17) is 26.3 Å². The van der Waals surface area contributed by atoms with Gasteiger partial charge in [0.2, 0.25) is 5.91 Å². The molecule has 7 heteroatoms. The Kier molecular flexibility index (Phi) is 6.39. The van der Waals surface area contributed by atoms with Crippen LogP contribution in [0.5, 0.6) is 5.75 Å². The van der Waals surface area contributed by atoms with Crippen molar-refractivity contribution in [3.63, 3.8) is 0 Å². The van der Waals surface area contributed by atoms with Gasteiger partial charge in [-0.15, -0.1) is 0 Å². The number of amides is 1. The first-order valence-electron chi connectivity index (χ1n) is 9.64. The van der Waals surface area contributed by atoms with Crippen molar-refractivity contribution in [2.45, 2.75) is 11.9 Å². The highest BCUT2D eigenvalue weighted by Crippen LogP contribution is 2.33. The maximum Gasteiger partial charge on any atom is 0.234 e. The highest BCUT2D eigenvalue weighted by atomic mass is 35.5. The van der Waals surface area contributed by atoms with Gasteiger partial charge in [-0.3, -0.25) is 4.79 Å². The first-order chi connectivity index (χ1) is 15.0. The van der Waals surface area contributed by atoms with Gasteiger partial charge in [0.1, 0.15) is 16.3 Å². The zero-order chi connectivity index (χ0) is 21.8. The van der Waals surface area contributed by atoms with E-state index in [0.29, 0.717) is 27.8 Å². The zero-order valence-electron chi connectivity index (χ0n) is 17.1. The second-order valence-electron chi connectivity index (χ2n) is 6.87. The Labute approximate surface area is 189 Å². The summed E-state index contributed by atoms with van der Waals surface area (Å²) < 4.78 is 5.51. The smallest absolute Gasteiger partial charge is 0.234 e. The average molecular weight is 450 g/mol. The lowest BCUT2D eigenvalue weighted by Crippen LogP contribution is -2.15. The van der Waals surface area contributed by atoms with E-state index in [1.807, 2.05) is 61.5 Å². The van der Waals surface area contributed by atoms with Crippen molar-refractivity contribution in [3.8, 4) is 17.1 Å². The summed E-state index contributed by atoms with van der Waals surface area (Å²) in [6.07, 6.45) is 0. The van der Waals surface area contributed by atoms with Crippen molar-refractivity contribution >= 4 is 45.9 Å². The fraction of sp³-hybridized carbons (Fsp3) is 0.125. The first kappa shape index (κ1) is 21.2. The standard InChI is InChI=1S/C24H20ClN3O2S/c1-15-11-12-17(25)13-19(15)26-21(29)14-31-24-18-9-6-10-20(30-2)22(18)27-23(28-24)16-7-4-3-5-8-16/h3-13H,14H2,1-2H3,(H,26,29). The number of carbonyl (C=O) groups excluding carboxylic acids is 1. The van der Waals surface area contributed by atoms with Crippen LogP contribution in [0.1, 0.15) is 5.56 Å². The van der Waals surface area contributed by atoms with Crippen LogP contribution in [0.2, 0.25) is 5.02 Å². The molecule has 31 heavy (non-hydrogen) atoms. The molecule has 156 valence electrons. The topological polar surface area (TPSA) is 64.1 Å². The Bertz CT molecular complexity index is 1250. The van der Waals surface area contributed by atoms with Gasteiger partial charge in [-0.25, -0.2) is 9.97 Å². The Balaban J connectivity index is 1.64. The summed E-state index contributed by atoms with van der Waals surface area (Å²) >= 11 is 7.42. The molecule has 5 nitrogen and oxygen atoms in total. The summed E-state index contributed by atoms with van der Waals surface area (Å²) in [4.78, 5) is 22.1. The molecule has 0 bridgehead atoms. The molecule has 0 unspecified atom stereocenters. The lowest BCUT2D eigenvalue weighted by molar-refractivity contribution is -0.113. The van der Waals surface area contributed by atoms with Crippen LogP contribution >= 0.6 is 23.4 Å². The number of benzene rings is 3. The number of hydrogen-bond acceptors (Lipinski definition) is 5. The first-order valence-corrected chi connectivity index (χ1v) is 11.0. The normalized spacial score (nSPS) is 10.8. The fourth-order valence-corrected chi connectivity index (χ4v) is 4.12. The van der Waals surface area contributed by atoms with E-state index in [-0.39, 0.29) is 11.7 Å². The Morgan fingerprint density at radius 3 is 2.65 bits per heavy atom. The molecule has 3 aromatic carbocycles. The minimum absolute atomic E-state index is 0.133. The van der Waals surface area contributed by atoms with E-state index in [1.165, 1.54) is 11.8 Å². The summed E-state index contributed by atoms with van der Waals surface area (Å²) in [5, 5.41) is 5.07. The monoisotopic (exact) mass is 449 g/mol. The minimum atomic E-state index is -0.133. The van der Waals surface area contributed by atoms with Gasteiger partial charge < -0.3 is 10.1 Å². The van der Waals surface area contributed by atoms with Crippen LogP contribution in [-0.2, 0) is 4.79 Å². The van der Waals surface area contributed by atoms with Gasteiger partial charge in [-0.05, 0) is 36.8 Å². The summed E-state index contributed by atoms with van der Waals surface area (Å²) in [7, 11) is 1.62. The number of ether oxygens (including phenoxy) is 1. The van der Waals surface area contributed by atoms with Gasteiger partial charge in [0, 0.05) is 21.7 Å². The predicted molar refractivity (Wildman–Crippen MR) is 127 cm³/mol. The number of aromatic nitrogens is 2. The molecule has 0 fully saturated rings.